The average molecular weight is 374 g/mol. The average Bonchev–Trinajstić information content (AvgIpc) is 2.73. The Morgan fingerprint density at radius 2 is 1.68 bits per heavy atom. The molecule has 3 rings (SSSR count). The number of carbonyl (C=O) groups excluding carboxylic acids is 2. The van der Waals surface area contributed by atoms with E-state index in [1.54, 1.807) is 24.4 Å². The molecule has 1 heterocycles. The summed E-state index contributed by atoms with van der Waals surface area (Å²) < 4.78 is 0. The quantitative estimate of drug-likeness (QED) is 0.592. The lowest BCUT2D eigenvalue weighted by Gasteiger charge is -2.09. The largest absolute Gasteiger partial charge is 0.396 e. The Hall–Kier alpha value is -3.67. The van der Waals surface area contributed by atoms with Gasteiger partial charge in [-0.2, -0.15) is 0 Å². The molecule has 3 aromatic rings. The summed E-state index contributed by atoms with van der Waals surface area (Å²) in [5.74, 6) is -0.254. The molecule has 0 saturated heterocycles. The lowest BCUT2D eigenvalue weighted by Crippen LogP contribution is -2.23. The summed E-state index contributed by atoms with van der Waals surface area (Å²) in [7, 11) is 0. The predicted octanol–water partition coefficient (Wildman–Crippen LogP) is 3.17. The normalized spacial score (nSPS) is 10.3. The van der Waals surface area contributed by atoms with Gasteiger partial charge in [0.2, 0.25) is 5.91 Å². The summed E-state index contributed by atoms with van der Waals surface area (Å²) in [4.78, 5) is 28.2. The number of anilines is 2. The Labute approximate surface area is 163 Å². The number of nitrogens with one attached hydrogen (secondary N) is 2. The van der Waals surface area contributed by atoms with E-state index in [0.29, 0.717) is 36.3 Å². The fourth-order valence-electron chi connectivity index (χ4n) is 2.68. The number of nitrogen functional groups attached to an aromatic ring is 1. The molecule has 0 unspecified atom stereocenters. The van der Waals surface area contributed by atoms with Crippen molar-refractivity contribution < 1.29 is 9.59 Å². The van der Waals surface area contributed by atoms with Gasteiger partial charge in [0.25, 0.3) is 5.91 Å². The third-order valence-electron chi connectivity index (χ3n) is 4.29. The van der Waals surface area contributed by atoms with Crippen LogP contribution >= 0.6 is 0 Å². The van der Waals surface area contributed by atoms with Gasteiger partial charge in [-0.05, 0) is 35.7 Å². The number of benzene rings is 2. The second-order valence-electron chi connectivity index (χ2n) is 6.38. The number of carbonyl (C=O) groups is 2. The van der Waals surface area contributed by atoms with Crippen LogP contribution in [0.3, 0.4) is 0 Å². The van der Waals surface area contributed by atoms with Crippen LogP contribution in [-0.4, -0.2) is 16.8 Å². The van der Waals surface area contributed by atoms with Crippen molar-refractivity contribution >= 4 is 23.2 Å². The SMILES string of the molecule is Nc1cnccc1NC(=O)c1ccc(CNC(=O)CCc2ccccc2)cc1. The Bertz CT molecular complexity index is 940. The molecular formula is C22H22N4O2. The van der Waals surface area contributed by atoms with E-state index in [2.05, 4.69) is 15.6 Å². The van der Waals surface area contributed by atoms with E-state index < -0.39 is 0 Å². The molecular weight excluding hydrogens is 352 g/mol. The van der Waals surface area contributed by atoms with E-state index in [0.717, 1.165) is 11.1 Å². The lowest BCUT2D eigenvalue weighted by atomic mass is 10.1. The first-order valence-corrected chi connectivity index (χ1v) is 9.02. The highest BCUT2D eigenvalue weighted by atomic mass is 16.2. The number of nitrogens with two attached hydrogens (primary N) is 1. The zero-order chi connectivity index (χ0) is 19.8. The number of nitrogens with zero attached hydrogens (tertiary/aromatic N) is 1. The van der Waals surface area contributed by atoms with Crippen LogP contribution in [0.15, 0.2) is 73.1 Å². The van der Waals surface area contributed by atoms with Gasteiger partial charge >= 0.3 is 0 Å². The van der Waals surface area contributed by atoms with Gasteiger partial charge in [0.1, 0.15) is 0 Å². The van der Waals surface area contributed by atoms with Gasteiger partial charge in [0.15, 0.2) is 0 Å². The van der Waals surface area contributed by atoms with Gasteiger partial charge in [-0.15, -0.1) is 0 Å². The molecule has 0 aliphatic rings. The molecule has 2 aromatic carbocycles. The number of hydrogen-bond donors (Lipinski definition) is 3. The van der Waals surface area contributed by atoms with Crippen LogP contribution in [0.5, 0.6) is 0 Å². The summed E-state index contributed by atoms with van der Waals surface area (Å²) in [6, 6.07) is 18.6. The fraction of sp³-hybridized carbons (Fsp3) is 0.136. The number of aromatic nitrogens is 1. The van der Waals surface area contributed by atoms with E-state index in [-0.39, 0.29) is 11.8 Å². The lowest BCUT2D eigenvalue weighted by molar-refractivity contribution is -0.121. The van der Waals surface area contributed by atoms with Crippen LogP contribution in [0.25, 0.3) is 0 Å². The standard InChI is InChI=1S/C22H22N4O2/c23-19-15-24-13-12-20(19)26-22(28)18-9-6-17(7-10-18)14-25-21(27)11-8-16-4-2-1-3-5-16/h1-7,9-10,12-13,15H,8,11,14,23H2,(H,25,27)(H,24,26,28). The van der Waals surface area contributed by atoms with Crippen molar-refractivity contribution in [2.75, 3.05) is 11.1 Å². The van der Waals surface area contributed by atoms with Crippen molar-refractivity contribution in [1.29, 1.82) is 0 Å². The molecule has 2 amide bonds. The Balaban J connectivity index is 1.48. The first-order valence-electron chi connectivity index (χ1n) is 9.02. The highest BCUT2D eigenvalue weighted by molar-refractivity contribution is 6.05. The monoisotopic (exact) mass is 374 g/mol. The molecule has 4 N–H and O–H groups in total. The highest BCUT2D eigenvalue weighted by Gasteiger charge is 2.08. The van der Waals surface area contributed by atoms with Crippen LogP contribution in [0.2, 0.25) is 0 Å². The topological polar surface area (TPSA) is 97.1 Å². The van der Waals surface area contributed by atoms with Gasteiger partial charge in [-0.1, -0.05) is 42.5 Å². The predicted molar refractivity (Wildman–Crippen MR) is 110 cm³/mol. The zero-order valence-corrected chi connectivity index (χ0v) is 15.4. The minimum Gasteiger partial charge on any atom is -0.396 e. The first-order chi connectivity index (χ1) is 13.6. The molecule has 28 heavy (non-hydrogen) atoms. The van der Waals surface area contributed by atoms with E-state index in [1.807, 2.05) is 42.5 Å². The Morgan fingerprint density at radius 1 is 0.929 bits per heavy atom. The number of hydrogen-bond acceptors (Lipinski definition) is 4. The second kappa shape index (κ2) is 9.32. The second-order valence-corrected chi connectivity index (χ2v) is 6.38. The molecule has 0 saturated carbocycles. The van der Waals surface area contributed by atoms with Crippen molar-refractivity contribution in [3.05, 3.63) is 89.7 Å². The number of rotatable bonds is 7. The smallest absolute Gasteiger partial charge is 0.255 e. The number of amides is 2. The van der Waals surface area contributed by atoms with Crippen molar-refractivity contribution in [3.8, 4) is 0 Å². The first kappa shape index (κ1) is 19.1. The van der Waals surface area contributed by atoms with Gasteiger partial charge in [-0.3, -0.25) is 14.6 Å². The summed E-state index contributed by atoms with van der Waals surface area (Å²) in [5.41, 5.74) is 9.29. The van der Waals surface area contributed by atoms with E-state index in [1.165, 1.54) is 6.20 Å². The molecule has 1 aromatic heterocycles. The summed E-state index contributed by atoms with van der Waals surface area (Å²) in [6.45, 7) is 0.423. The van der Waals surface area contributed by atoms with Crippen LogP contribution < -0.4 is 16.4 Å². The minimum atomic E-state index is -0.253. The maximum absolute atomic E-state index is 12.3. The third kappa shape index (κ3) is 5.41. The molecule has 0 bridgehead atoms. The summed E-state index contributed by atoms with van der Waals surface area (Å²) in [5, 5.41) is 5.66. The van der Waals surface area contributed by atoms with Crippen molar-refractivity contribution in [3.63, 3.8) is 0 Å². The van der Waals surface area contributed by atoms with Gasteiger partial charge in [-0.25, -0.2) is 0 Å². The zero-order valence-electron chi connectivity index (χ0n) is 15.4. The summed E-state index contributed by atoms with van der Waals surface area (Å²) in [6.07, 6.45) is 4.20. The van der Waals surface area contributed by atoms with Crippen LogP contribution in [0.4, 0.5) is 11.4 Å². The van der Waals surface area contributed by atoms with Crippen molar-refractivity contribution in [1.82, 2.24) is 10.3 Å². The molecule has 6 nitrogen and oxygen atoms in total. The van der Waals surface area contributed by atoms with Gasteiger partial charge in [0, 0.05) is 24.7 Å². The van der Waals surface area contributed by atoms with Crippen molar-refractivity contribution in [2.45, 2.75) is 19.4 Å². The molecule has 6 heteroatoms. The molecule has 0 aliphatic carbocycles. The van der Waals surface area contributed by atoms with E-state index >= 15 is 0 Å². The molecule has 0 fully saturated rings. The van der Waals surface area contributed by atoms with Crippen LogP contribution in [0, 0.1) is 0 Å². The molecule has 0 spiro atoms. The summed E-state index contributed by atoms with van der Waals surface area (Å²) >= 11 is 0. The molecule has 142 valence electrons. The van der Waals surface area contributed by atoms with Crippen molar-refractivity contribution in [2.24, 2.45) is 0 Å². The third-order valence-corrected chi connectivity index (χ3v) is 4.29. The van der Waals surface area contributed by atoms with E-state index in [9.17, 15) is 9.59 Å². The van der Waals surface area contributed by atoms with Gasteiger partial charge in [0.05, 0.1) is 17.6 Å². The van der Waals surface area contributed by atoms with Gasteiger partial charge < -0.3 is 16.4 Å². The maximum atomic E-state index is 12.3. The maximum Gasteiger partial charge on any atom is 0.255 e. The Kier molecular flexibility index (Phi) is 6.36. The minimum absolute atomic E-state index is 0.00108. The van der Waals surface area contributed by atoms with Crippen LogP contribution in [0.1, 0.15) is 27.9 Å². The fourth-order valence-corrected chi connectivity index (χ4v) is 2.68. The number of aryl methyl sites for hydroxylation is 1. The van der Waals surface area contributed by atoms with E-state index in [4.69, 9.17) is 5.73 Å². The molecule has 0 aliphatic heterocycles. The molecule has 0 atom stereocenters. The van der Waals surface area contributed by atoms with Crippen LogP contribution in [-0.2, 0) is 17.8 Å². The number of pyridine rings is 1. The molecule has 0 radical (unpaired) electrons. The Morgan fingerprint density at radius 3 is 2.39 bits per heavy atom. The highest BCUT2D eigenvalue weighted by Crippen LogP contribution is 2.16.